The summed E-state index contributed by atoms with van der Waals surface area (Å²) >= 11 is 6.05. The van der Waals surface area contributed by atoms with Crippen LogP contribution in [0.2, 0.25) is 5.02 Å². The number of ether oxygens (including phenoxy) is 2. The van der Waals surface area contributed by atoms with Crippen molar-refractivity contribution in [2.24, 2.45) is 0 Å². The molecular formula is C22H25ClN2O7. The summed E-state index contributed by atoms with van der Waals surface area (Å²) in [4.78, 5) is 35.4. The fourth-order valence-electron chi connectivity index (χ4n) is 2.79. The molecule has 32 heavy (non-hydrogen) atoms. The van der Waals surface area contributed by atoms with E-state index in [2.05, 4.69) is 10.6 Å². The Morgan fingerprint density at radius 3 is 2.44 bits per heavy atom. The van der Waals surface area contributed by atoms with Gasteiger partial charge in [0.1, 0.15) is 18.4 Å². The van der Waals surface area contributed by atoms with Crippen molar-refractivity contribution in [2.45, 2.75) is 31.6 Å². The van der Waals surface area contributed by atoms with Crippen LogP contribution in [-0.4, -0.2) is 54.0 Å². The second-order valence-electron chi connectivity index (χ2n) is 6.93. The lowest BCUT2D eigenvalue weighted by atomic mass is 10.1. The van der Waals surface area contributed by atoms with Crippen molar-refractivity contribution < 1.29 is 34.1 Å². The molecule has 0 bridgehead atoms. The van der Waals surface area contributed by atoms with Crippen molar-refractivity contribution in [1.29, 1.82) is 0 Å². The molecular weight excluding hydrogens is 440 g/mol. The Balaban J connectivity index is 1.77. The number of hydrogen-bond acceptors (Lipinski definition) is 6. The number of alkyl carbamates (subject to hydrolysis) is 1. The lowest BCUT2D eigenvalue weighted by Crippen LogP contribution is -2.44. The van der Waals surface area contributed by atoms with Crippen LogP contribution in [0.1, 0.15) is 17.5 Å². The van der Waals surface area contributed by atoms with Gasteiger partial charge in [0.05, 0.1) is 24.7 Å². The first-order chi connectivity index (χ1) is 15.3. The molecule has 0 aromatic heterocycles. The Morgan fingerprint density at radius 1 is 1.09 bits per heavy atom. The van der Waals surface area contributed by atoms with Gasteiger partial charge < -0.3 is 30.3 Å². The third-order valence-corrected chi connectivity index (χ3v) is 4.70. The maximum Gasteiger partial charge on any atom is 0.407 e. The average molecular weight is 465 g/mol. The standard InChI is InChI=1S/C22H25ClN2O7/c1-31-19-8-7-15(9-17(19)23)10-18(21(28)29)25-20(27)11-16(26)12-24-22(30)32-13-14-5-3-2-4-6-14/h2-9,16,18,26H,10-13H2,1H3,(H,24,30)(H,25,27)(H,28,29)/t16-,18-/m1/s1. The summed E-state index contributed by atoms with van der Waals surface area (Å²) in [5.74, 6) is -1.46. The highest BCUT2D eigenvalue weighted by Crippen LogP contribution is 2.25. The molecule has 0 spiro atoms. The van der Waals surface area contributed by atoms with E-state index in [9.17, 15) is 24.6 Å². The van der Waals surface area contributed by atoms with Crippen molar-refractivity contribution in [3.63, 3.8) is 0 Å². The lowest BCUT2D eigenvalue weighted by Gasteiger charge is -2.17. The topological polar surface area (TPSA) is 134 Å². The molecule has 2 aromatic rings. The number of aliphatic carboxylic acids is 1. The van der Waals surface area contributed by atoms with E-state index in [4.69, 9.17) is 21.1 Å². The van der Waals surface area contributed by atoms with E-state index in [1.54, 1.807) is 30.3 Å². The molecule has 0 radical (unpaired) electrons. The van der Waals surface area contributed by atoms with Gasteiger partial charge in [0, 0.05) is 13.0 Å². The number of hydrogen-bond donors (Lipinski definition) is 4. The van der Waals surface area contributed by atoms with Crippen molar-refractivity contribution in [2.75, 3.05) is 13.7 Å². The van der Waals surface area contributed by atoms with E-state index in [-0.39, 0.29) is 19.6 Å². The SMILES string of the molecule is COc1ccc(C[C@@H](NC(=O)C[C@@H](O)CNC(=O)OCc2ccccc2)C(=O)O)cc1Cl. The highest BCUT2D eigenvalue weighted by Gasteiger charge is 2.22. The third kappa shape index (κ3) is 8.44. The molecule has 0 saturated heterocycles. The molecule has 0 heterocycles. The van der Waals surface area contributed by atoms with Crippen LogP contribution < -0.4 is 15.4 Å². The second-order valence-corrected chi connectivity index (χ2v) is 7.34. The van der Waals surface area contributed by atoms with Crippen molar-refractivity contribution in [3.8, 4) is 5.75 Å². The fourth-order valence-corrected chi connectivity index (χ4v) is 3.07. The minimum Gasteiger partial charge on any atom is -0.495 e. The summed E-state index contributed by atoms with van der Waals surface area (Å²) in [6.07, 6.45) is -2.37. The number of rotatable bonds is 11. The molecule has 172 valence electrons. The number of carboxylic acids is 1. The smallest absolute Gasteiger partial charge is 0.407 e. The molecule has 10 heteroatoms. The van der Waals surface area contributed by atoms with Gasteiger partial charge >= 0.3 is 12.1 Å². The van der Waals surface area contributed by atoms with Crippen LogP contribution in [0.5, 0.6) is 5.75 Å². The van der Waals surface area contributed by atoms with Crippen molar-refractivity contribution in [1.82, 2.24) is 10.6 Å². The first-order valence-corrected chi connectivity index (χ1v) is 10.1. The molecule has 0 aliphatic carbocycles. The molecule has 2 amide bonds. The van der Waals surface area contributed by atoms with Crippen molar-refractivity contribution in [3.05, 3.63) is 64.7 Å². The highest BCUT2D eigenvalue weighted by atomic mass is 35.5. The first-order valence-electron chi connectivity index (χ1n) is 9.75. The van der Waals surface area contributed by atoms with Crippen LogP contribution in [0.25, 0.3) is 0 Å². The lowest BCUT2D eigenvalue weighted by molar-refractivity contribution is -0.142. The number of carbonyl (C=O) groups excluding carboxylic acids is 2. The van der Waals surface area contributed by atoms with Gasteiger partial charge in [0.15, 0.2) is 0 Å². The second kappa shape index (κ2) is 12.5. The Morgan fingerprint density at radius 2 is 1.81 bits per heavy atom. The first kappa shape index (κ1) is 25.0. The summed E-state index contributed by atoms with van der Waals surface area (Å²) in [7, 11) is 1.46. The average Bonchev–Trinajstić information content (AvgIpc) is 2.76. The van der Waals surface area contributed by atoms with E-state index >= 15 is 0 Å². The Bertz CT molecular complexity index is 924. The predicted molar refractivity (Wildman–Crippen MR) is 117 cm³/mol. The Hall–Kier alpha value is -3.30. The molecule has 0 aliphatic rings. The zero-order valence-corrected chi connectivity index (χ0v) is 18.2. The van der Waals surface area contributed by atoms with Crippen LogP contribution >= 0.6 is 11.6 Å². The summed E-state index contributed by atoms with van der Waals surface area (Å²) < 4.78 is 10.1. The zero-order chi connectivity index (χ0) is 23.5. The maximum absolute atomic E-state index is 12.2. The number of benzene rings is 2. The van der Waals surface area contributed by atoms with Crippen molar-refractivity contribution >= 4 is 29.6 Å². The molecule has 9 nitrogen and oxygen atoms in total. The highest BCUT2D eigenvalue weighted by molar-refractivity contribution is 6.32. The normalized spacial score (nSPS) is 12.3. The predicted octanol–water partition coefficient (Wildman–Crippen LogP) is 2.14. The van der Waals surface area contributed by atoms with Crippen LogP contribution in [0, 0.1) is 0 Å². The summed E-state index contributed by atoms with van der Waals surface area (Å²) in [6.45, 7) is -0.161. The number of halogens is 1. The van der Waals surface area contributed by atoms with E-state index in [0.717, 1.165) is 5.56 Å². The van der Waals surface area contributed by atoms with Gasteiger partial charge in [-0.25, -0.2) is 9.59 Å². The molecule has 4 N–H and O–H groups in total. The van der Waals surface area contributed by atoms with Gasteiger partial charge in [-0.3, -0.25) is 4.79 Å². The summed E-state index contributed by atoms with van der Waals surface area (Å²) in [6, 6.07) is 12.6. The van der Waals surface area contributed by atoms with Crippen LogP contribution in [0.4, 0.5) is 4.79 Å². The Labute approximate surface area is 190 Å². The van der Waals surface area contributed by atoms with E-state index in [1.165, 1.54) is 7.11 Å². The quantitative estimate of drug-likeness (QED) is 0.400. The van der Waals surface area contributed by atoms with Gasteiger partial charge in [-0.2, -0.15) is 0 Å². The minimum absolute atomic E-state index is 0.00898. The van der Waals surface area contributed by atoms with E-state index in [1.807, 2.05) is 18.2 Å². The number of methoxy groups -OCH3 is 1. The number of carboxylic acid groups (broad SMARTS) is 1. The molecule has 0 aliphatic heterocycles. The monoisotopic (exact) mass is 464 g/mol. The van der Waals surface area contributed by atoms with Gasteiger partial charge in [-0.1, -0.05) is 48.0 Å². The van der Waals surface area contributed by atoms with Crippen LogP contribution in [0.3, 0.4) is 0 Å². The third-order valence-electron chi connectivity index (χ3n) is 4.41. The number of carbonyl (C=O) groups is 3. The van der Waals surface area contributed by atoms with Gasteiger partial charge in [0.2, 0.25) is 5.91 Å². The van der Waals surface area contributed by atoms with Crippen LogP contribution in [0.15, 0.2) is 48.5 Å². The summed E-state index contributed by atoms with van der Waals surface area (Å²) in [5.41, 5.74) is 1.40. The maximum atomic E-state index is 12.2. The van der Waals surface area contributed by atoms with E-state index in [0.29, 0.717) is 16.3 Å². The number of amides is 2. The molecule has 2 aromatic carbocycles. The molecule has 0 saturated carbocycles. The van der Waals surface area contributed by atoms with Gasteiger partial charge in [-0.05, 0) is 23.3 Å². The van der Waals surface area contributed by atoms with E-state index < -0.39 is 36.5 Å². The molecule has 0 unspecified atom stereocenters. The number of nitrogens with one attached hydrogen (secondary N) is 2. The largest absolute Gasteiger partial charge is 0.495 e. The van der Waals surface area contributed by atoms with Gasteiger partial charge in [0.25, 0.3) is 0 Å². The minimum atomic E-state index is -1.23. The fraction of sp³-hybridized carbons (Fsp3) is 0.318. The number of aliphatic hydroxyl groups excluding tert-OH is 1. The molecule has 2 atom stereocenters. The molecule has 2 rings (SSSR count). The molecule has 0 fully saturated rings. The zero-order valence-electron chi connectivity index (χ0n) is 17.4. The summed E-state index contributed by atoms with van der Waals surface area (Å²) in [5, 5.41) is 24.4. The van der Waals surface area contributed by atoms with Gasteiger partial charge in [-0.15, -0.1) is 0 Å². The Kier molecular flexibility index (Phi) is 9.77. The van der Waals surface area contributed by atoms with Crippen LogP contribution in [-0.2, 0) is 27.4 Å². The number of aliphatic hydroxyl groups is 1.